The normalized spacial score (nSPS) is 40.7. The van der Waals surface area contributed by atoms with Gasteiger partial charge in [0.1, 0.15) is 31.0 Å². The van der Waals surface area contributed by atoms with E-state index in [2.05, 4.69) is 0 Å². The van der Waals surface area contributed by atoms with E-state index in [1.54, 1.807) is 0 Å². The Hall–Kier alpha value is -2.06. The Kier molecular flexibility index (Phi) is 6.77. The van der Waals surface area contributed by atoms with E-state index in [9.17, 15) is 40.2 Å². The molecular formula is C18H24O12. The van der Waals surface area contributed by atoms with Crippen molar-refractivity contribution in [3.63, 3.8) is 0 Å². The van der Waals surface area contributed by atoms with Crippen LogP contribution in [0.2, 0.25) is 0 Å². The summed E-state index contributed by atoms with van der Waals surface area (Å²) >= 11 is 0. The lowest BCUT2D eigenvalue weighted by molar-refractivity contribution is -0.340. The number of carboxylic acids is 1. The van der Waals surface area contributed by atoms with Crippen molar-refractivity contribution in [3.8, 4) is 0 Å². The Morgan fingerprint density at radius 3 is 2.37 bits per heavy atom. The Balaban J connectivity index is 1.85. The SMILES string of the molecule is CC(=O)OCC1=C[C@H](O)[C@@H]2C(C(=O)O)=CO[C@@H](OC3OC(CO)C(O)[C@H](O)[C@H]3O)[C@H]12. The first kappa shape index (κ1) is 22.6. The number of aliphatic hydroxyl groups excluding tert-OH is 5. The number of aliphatic carboxylic acids is 1. The molecule has 6 N–H and O–H groups in total. The van der Waals surface area contributed by atoms with Gasteiger partial charge in [-0.05, 0) is 5.57 Å². The van der Waals surface area contributed by atoms with Gasteiger partial charge >= 0.3 is 11.9 Å². The van der Waals surface area contributed by atoms with E-state index in [4.69, 9.17) is 18.9 Å². The maximum Gasteiger partial charge on any atom is 0.335 e. The first-order valence-electron chi connectivity index (χ1n) is 9.22. The molecule has 12 nitrogen and oxygen atoms in total. The van der Waals surface area contributed by atoms with Crippen molar-refractivity contribution in [2.24, 2.45) is 11.8 Å². The maximum atomic E-state index is 11.6. The van der Waals surface area contributed by atoms with Crippen molar-refractivity contribution in [3.05, 3.63) is 23.5 Å². The standard InChI is InChI=1S/C18H24O12/c1-6(20)27-4-7-2-9(21)12-8(16(25)26)5-28-17(11(7)12)30-18-15(24)14(23)13(22)10(3-19)29-18/h2,5,9-15,17-19,21-24H,3-4H2,1H3,(H,25,26)/t9-,10?,11+,12-,13?,14-,15+,17-,18?/m0/s1. The Morgan fingerprint density at radius 2 is 1.77 bits per heavy atom. The van der Waals surface area contributed by atoms with Gasteiger partial charge in [0.05, 0.1) is 30.5 Å². The van der Waals surface area contributed by atoms with Crippen LogP contribution in [0.1, 0.15) is 6.92 Å². The molecule has 3 aliphatic rings. The number of carboxylic acid groups (broad SMARTS) is 1. The van der Waals surface area contributed by atoms with Crippen LogP contribution in [-0.2, 0) is 28.5 Å². The monoisotopic (exact) mass is 432 g/mol. The van der Waals surface area contributed by atoms with Crippen LogP contribution in [-0.4, -0.2) is 98.9 Å². The molecule has 12 heteroatoms. The van der Waals surface area contributed by atoms with Gasteiger partial charge in [0, 0.05) is 12.8 Å². The average Bonchev–Trinajstić information content (AvgIpc) is 3.03. The molecule has 0 bridgehead atoms. The van der Waals surface area contributed by atoms with Crippen molar-refractivity contribution < 1.29 is 59.2 Å². The minimum absolute atomic E-state index is 0.227. The molecule has 168 valence electrons. The molecule has 1 fully saturated rings. The average molecular weight is 432 g/mol. The highest BCUT2D eigenvalue weighted by molar-refractivity contribution is 5.87. The summed E-state index contributed by atoms with van der Waals surface area (Å²) in [4.78, 5) is 22.7. The predicted molar refractivity (Wildman–Crippen MR) is 93.1 cm³/mol. The minimum Gasteiger partial charge on any atom is -0.478 e. The van der Waals surface area contributed by atoms with E-state index < -0.39 is 73.5 Å². The predicted octanol–water partition coefficient (Wildman–Crippen LogP) is -2.78. The molecule has 9 atom stereocenters. The number of fused-ring (bicyclic) bond motifs is 1. The largest absolute Gasteiger partial charge is 0.478 e. The van der Waals surface area contributed by atoms with E-state index in [-0.39, 0.29) is 12.2 Å². The Morgan fingerprint density at radius 1 is 1.07 bits per heavy atom. The summed E-state index contributed by atoms with van der Waals surface area (Å²) in [5.41, 5.74) is 0.111. The summed E-state index contributed by atoms with van der Waals surface area (Å²) in [5, 5.41) is 59.1. The first-order chi connectivity index (χ1) is 14.1. The van der Waals surface area contributed by atoms with Crippen molar-refractivity contribution >= 4 is 11.9 Å². The molecule has 0 aromatic heterocycles. The second-order valence-corrected chi connectivity index (χ2v) is 7.28. The fraction of sp³-hybridized carbons (Fsp3) is 0.667. The zero-order valence-corrected chi connectivity index (χ0v) is 15.9. The summed E-state index contributed by atoms with van der Waals surface area (Å²) in [6, 6.07) is 0. The van der Waals surface area contributed by atoms with E-state index in [0.717, 1.165) is 6.26 Å². The van der Waals surface area contributed by atoms with Gasteiger partial charge in [0.2, 0.25) is 6.29 Å². The van der Waals surface area contributed by atoms with Gasteiger partial charge in [-0.3, -0.25) is 4.79 Å². The summed E-state index contributed by atoms with van der Waals surface area (Å²) in [6.07, 6.45) is -8.01. The van der Waals surface area contributed by atoms with E-state index in [1.807, 2.05) is 0 Å². The number of carbonyl (C=O) groups is 2. The second-order valence-electron chi connectivity index (χ2n) is 7.28. The lowest BCUT2D eigenvalue weighted by Crippen LogP contribution is -2.60. The Bertz CT molecular complexity index is 731. The molecule has 3 rings (SSSR count). The van der Waals surface area contributed by atoms with Crippen LogP contribution in [0.4, 0.5) is 0 Å². The number of carbonyl (C=O) groups excluding carboxylic acids is 1. The third-order valence-electron chi connectivity index (χ3n) is 5.36. The minimum atomic E-state index is -1.71. The molecule has 30 heavy (non-hydrogen) atoms. The maximum absolute atomic E-state index is 11.6. The van der Waals surface area contributed by atoms with Gasteiger partial charge in [-0.1, -0.05) is 6.08 Å². The third kappa shape index (κ3) is 4.21. The number of hydrogen-bond acceptors (Lipinski definition) is 11. The molecule has 1 saturated heterocycles. The van der Waals surface area contributed by atoms with Crippen LogP contribution in [0, 0.1) is 11.8 Å². The van der Waals surface area contributed by atoms with E-state index in [0.29, 0.717) is 5.57 Å². The second kappa shape index (κ2) is 8.98. The molecule has 1 aliphatic carbocycles. The van der Waals surface area contributed by atoms with Gasteiger partial charge in [-0.2, -0.15) is 0 Å². The molecule has 0 radical (unpaired) electrons. The summed E-state index contributed by atoms with van der Waals surface area (Å²) < 4.78 is 21.3. The van der Waals surface area contributed by atoms with Crippen LogP contribution in [0.25, 0.3) is 0 Å². The van der Waals surface area contributed by atoms with Crippen LogP contribution < -0.4 is 0 Å². The molecular weight excluding hydrogens is 408 g/mol. The zero-order valence-electron chi connectivity index (χ0n) is 15.9. The number of hydrogen-bond donors (Lipinski definition) is 6. The van der Waals surface area contributed by atoms with Gasteiger partial charge in [0.15, 0.2) is 6.29 Å². The fourth-order valence-electron chi connectivity index (χ4n) is 3.85. The number of esters is 1. The van der Waals surface area contributed by atoms with E-state index in [1.165, 1.54) is 13.0 Å². The highest BCUT2D eigenvalue weighted by Gasteiger charge is 2.52. The van der Waals surface area contributed by atoms with Crippen LogP contribution in [0.5, 0.6) is 0 Å². The molecule has 3 unspecified atom stereocenters. The topological polar surface area (TPSA) is 192 Å². The summed E-state index contributed by atoms with van der Waals surface area (Å²) in [5.74, 6) is -3.82. The van der Waals surface area contributed by atoms with Crippen molar-refractivity contribution in [1.82, 2.24) is 0 Å². The van der Waals surface area contributed by atoms with Crippen molar-refractivity contribution in [1.29, 1.82) is 0 Å². The number of aliphatic hydroxyl groups is 5. The highest BCUT2D eigenvalue weighted by atomic mass is 16.8. The molecule has 0 spiro atoms. The third-order valence-corrected chi connectivity index (χ3v) is 5.36. The fourth-order valence-corrected chi connectivity index (χ4v) is 3.85. The Labute approximate surface area is 170 Å². The number of ether oxygens (including phenoxy) is 4. The molecule has 0 saturated carbocycles. The highest BCUT2D eigenvalue weighted by Crippen LogP contribution is 2.44. The number of rotatable bonds is 6. The first-order valence-corrected chi connectivity index (χ1v) is 9.22. The van der Waals surface area contributed by atoms with Crippen LogP contribution in [0.3, 0.4) is 0 Å². The summed E-state index contributed by atoms with van der Waals surface area (Å²) in [6.45, 7) is 0.269. The van der Waals surface area contributed by atoms with Crippen LogP contribution >= 0.6 is 0 Å². The van der Waals surface area contributed by atoms with Crippen molar-refractivity contribution in [2.45, 2.75) is 50.0 Å². The smallest absolute Gasteiger partial charge is 0.335 e. The van der Waals surface area contributed by atoms with Crippen molar-refractivity contribution in [2.75, 3.05) is 13.2 Å². The lowest BCUT2D eigenvalue weighted by Gasteiger charge is -2.43. The zero-order chi connectivity index (χ0) is 22.2. The van der Waals surface area contributed by atoms with E-state index >= 15 is 0 Å². The molecule has 0 amide bonds. The lowest BCUT2D eigenvalue weighted by atomic mass is 9.82. The molecule has 0 aromatic rings. The molecule has 2 aliphatic heterocycles. The quantitative estimate of drug-likeness (QED) is 0.187. The van der Waals surface area contributed by atoms with Gasteiger partial charge in [-0.15, -0.1) is 0 Å². The van der Waals surface area contributed by atoms with Gasteiger partial charge in [0.25, 0.3) is 0 Å². The summed E-state index contributed by atoms with van der Waals surface area (Å²) in [7, 11) is 0. The molecule has 2 heterocycles. The van der Waals surface area contributed by atoms with Gasteiger partial charge < -0.3 is 49.6 Å². The van der Waals surface area contributed by atoms with Crippen LogP contribution in [0.15, 0.2) is 23.5 Å². The molecule has 0 aromatic carbocycles. The van der Waals surface area contributed by atoms with Gasteiger partial charge in [-0.25, -0.2) is 4.79 Å².